The van der Waals surface area contributed by atoms with Crippen molar-refractivity contribution < 1.29 is 9.47 Å². The first-order valence-electron chi connectivity index (χ1n) is 8.56. The summed E-state index contributed by atoms with van der Waals surface area (Å²) in [5.74, 6) is 1.52. The van der Waals surface area contributed by atoms with Gasteiger partial charge in [0, 0.05) is 17.5 Å². The minimum absolute atomic E-state index is 0.599. The van der Waals surface area contributed by atoms with Crippen LogP contribution in [0.4, 0.5) is 0 Å². The maximum Gasteiger partial charge on any atom is 0.213 e. The number of benzene rings is 2. The number of ether oxygens (including phenoxy) is 2. The maximum absolute atomic E-state index is 5.73. The van der Waals surface area contributed by atoms with Crippen molar-refractivity contribution in [3.8, 4) is 33.3 Å². The number of imidazole rings is 1. The lowest BCUT2D eigenvalue weighted by Gasteiger charge is -2.11. The summed E-state index contributed by atoms with van der Waals surface area (Å²) in [5.41, 5.74) is 5.56. The van der Waals surface area contributed by atoms with E-state index in [0.717, 1.165) is 50.4 Å². The minimum Gasteiger partial charge on any atom is -0.493 e. The Morgan fingerprint density at radius 2 is 2.00 bits per heavy atom. The zero-order chi connectivity index (χ0) is 17.7. The molecule has 5 nitrogen and oxygen atoms in total. The molecule has 0 radical (unpaired) electrons. The van der Waals surface area contributed by atoms with Gasteiger partial charge in [-0.2, -0.15) is 5.10 Å². The molecule has 2 heterocycles. The number of aromatic nitrogens is 3. The Labute approximate surface area is 154 Å². The number of hydrogen-bond acceptors (Lipinski definition) is 5. The molecule has 0 fully saturated rings. The Hall–Kier alpha value is -2.86. The van der Waals surface area contributed by atoms with E-state index in [1.165, 1.54) is 5.56 Å². The molecular weight excluding hydrogens is 346 g/mol. The highest BCUT2D eigenvalue weighted by molar-refractivity contribution is 7.19. The average Bonchev–Trinajstić information content (AvgIpc) is 3.32. The molecule has 0 saturated heterocycles. The van der Waals surface area contributed by atoms with Gasteiger partial charge < -0.3 is 9.47 Å². The van der Waals surface area contributed by atoms with Crippen LogP contribution in [0.2, 0.25) is 0 Å². The highest BCUT2D eigenvalue weighted by atomic mass is 32.1. The molecule has 0 atom stereocenters. The fraction of sp³-hybridized carbons (Fsp3) is 0.200. The fourth-order valence-corrected chi connectivity index (χ4v) is 4.36. The fourth-order valence-electron chi connectivity index (χ4n) is 3.44. The van der Waals surface area contributed by atoms with E-state index in [9.17, 15) is 0 Å². The lowest BCUT2D eigenvalue weighted by Crippen LogP contribution is -1.97. The van der Waals surface area contributed by atoms with E-state index in [2.05, 4.69) is 18.2 Å². The number of methoxy groups -OCH3 is 1. The largest absolute Gasteiger partial charge is 0.493 e. The topological polar surface area (TPSA) is 48.7 Å². The third-order valence-electron chi connectivity index (χ3n) is 4.62. The van der Waals surface area contributed by atoms with Gasteiger partial charge in [-0.05, 0) is 24.6 Å². The lowest BCUT2D eigenvalue weighted by atomic mass is 10.1. The van der Waals surface area contributed by atoms with Crippen LogP contribution >= 0.6 is 11.3 Å². The maximum atomic E-state index is 5.73. The molecule has 5 rings (SSSR count). The van der Waals surface area contributed by atoms with E-state index in [0.29, 0.717) is 6.61 Å². The summed E-state index contributed by atoms with van der Waals surface area (Å²) in [7, 11) is 1.67. The smallest absolute Gasteiger partial charge is 0.213 e. The van der Waals surface area contributed by atoms with Crippen LogP contribution in [-0.4, -0.2) is 28.3 Å². The SMILES string of the molecule is CCOc1cc2c(cc1OC)Cc1c-2nc2sc(-c3ccccc3)nn12. The molecule has 2 aromatic heterocycles. The summed E-state index contributed by atoms with van der Waals surface area (Å²) < 4.78 is 13.2. The van der Waals surface area contributed by atoms with E-state index in [1.807, 2.05) is 35.7 Å². The summed E-state index contributed by atoms with van der Waals surface area (Å²) in [5, 5.41) is 5.79. The highest BCUT2D eigenvalue weighted by Crippen LogP contribution is 2.43. The lowest BCUT2D eigenvalue weighted by molar-refractivity contribution is 0.311. The molecule has 130 valence electrons. The number of hydrogen-bond donors (Lipinski definition) is 0. The molecule has 0 aliphatic heterocycles. The monoisotopic (exact) mass is 363 g/mol. The van der Waals surface area contributed by atoms with Gasteiger partial charge in [0.05, 0.1) is 25.1 Å². The van der Waals surface area contributed by atoms with Gasteiger partial charge in [-0.1, -0.05) is 41.7 Å². The number of fused-ring (bicyclic) bond motifs is 5. The Balaban J connectivity index is 1.62. The first-order chi connectivity index (χ1) is 12.8. The summed E-state index contributed by atoms with van der Waals surface area (Å²) in [6.45, 7) is 2.57. The van der Waals surface area contributed by atoms with Crippen LogP contribution in [0.25, 0.3) is 26.8 Å². The summed E-state index contributed by atoms with van der Waals surface area (Å²) in [4.78, 5) is 5.78. The molecule has 0 amide bonds. The van der Waals surface area contributed by atoms with Crippen LogP contribution < -0.4 is 9.47 Å². The summed E-state index contributed by atoms with van der Waals surface area (Å²) in [6, 6.07) is 14.3. The molecule has 1 aliphatic rings. The van der Waals surface area contributed by atoms with Crippen LogP contribution in [0.5, 0.6) is 11.5 Å². The van der Waals surface area contributed by atoms with Crippen molar-refractivity contribution >= 4 is 16.3 Å². The zero-order valence-electron chi connectivity index (χ0n) is 14.5. The van der Waals surface area contributed by atoms with E-state index >= 15 is 0 Å². The van der Waals surface area contributed by atoms with Crippen molar-refractivity contribution in [2.75, 3.05) is 13.7 Å². The Kier molecular flexibility index (Phi) is 3.46. The van der Waals surface area contributed by atoms with Crippen molar-refractivity contribution in [3.05, 3.63) is 53.7 Å². The predicted octanol–water partition coefficient (Wildman–Crippen LogP) is 4.44. The molecule has 0 bridgehead atoms. The quantitative estimate of drug-likeness (QED) is 0.474. The van der Waals surface area contributed by atoms with Gasteiger partial charge >= 0.3 is 0 Å². The zero-order valence-corrected chi connectivity index (χ0v) is 15.3. The van der Waals surface area contributed by atoms with Crippen LogP contribution in [0.3, 0.4) is 0 Å². The van der Waals surface area contributed by atoms with Crippen LogP contribution in [0, 0.1) is 0 Å². The van der Waals surface area contributed by atoms with Gasteiger partial charge in [0.15, 0.2) is 11.5 Å². The Morgan fingerprint density at radius 3 is 2.77 bits per heavy atom. The summed E-state index contributed by atoms with van der Waals surface area (Å²) in [6.07, 6.45) is 0.798. The highest BCUT2D eigenvalue weighted by Gasteiger charge is 2.28. The molecule has 6 heteroatoms. The first-order valence-corrected chi connectivity index (χ1v) is 9.38. The molecule has 2 aromatic carbocycles. The third-order valence-corrected chi connectivity index (χ3v) is 5.58. The van der Waals surface area contributed by atoms with Crippen molar-refractivity contribution in [1.82, 2.24) is 14.6 Å². The van der Waals surface area contributed by atoms with Crippen LogP contribution in [-0.2, 0) is 6.42 Å². The standard InChI is InChI=1S/C20H17N3O2S/c1-3-25-17-11-14-13(10-16(17)24-2)9-15-18(14)21-20-23(15)22-19(26-20)12-7-5-4-6-8-12/h4-8,10-11H,3,9H2,1-2H3. The van der Waals surface area contributed by atoms with Crippen molar-refractivity contribution in [3.63, 3.8) is 0 Å². The van der Waals surface area contributed by atoms with Crippen molar-refractivity contribution in [2.45, 2.75) is 13.3 Å². The minimum atomic E-state index is 0.599. The van der Waals surface area contributed by atoms with E-state index in [-0.39, 0.29) is 0 Å². The van der Waals surface area contributed by atoms with Crippen molar-refractivity contribution in [2.24, 2.45) is 0 Å². The van der Waals surface area contributed by atoms with Gasteiger partial charge in [0.25, 0.3) is 0 Å². The number of nitrogens with zero attached hydrogens (tertiary/aromatic N) is 3. The predicted molar refractivity (Wildman–Crippen MR) is 102 cm³/mol. The second-order valence-electron chi connectivity index (χ2n) is 6.14. The average molecular weight is 363 g/mol. The molecule has 1 aliphatic carbocycles. The second-order valence-corrected chi connectivity index (χ2v) is 7.10. The molecule has 0 spiro atoms. The molecular formula is C20H17N3O2S. The van der Waals surface area contributed by atoms with Crippen molar-refractivity contribution in [1.29, 1.82) is 0 Å². The van der Waals surface area contributed by atoms with E-state index in [4.69, 9.17) is 19.6 Å². The molecule has 0 N–H and O–H groups in total. The molecule has 0 saturated carbocycles. The molecule has 26 heavy (non-hydrogen) atoms. The van der Waals surface area contributed by atoms with E-state index < -0.39 is 0 Å². The van der Waals surface area contributed by atoms with E-state index in [1.54, 1.807) is 18.4 Å². The summed E-state index contributed by atoms with van der Waals surface area (Å²) >= 11 is 1.62. The normalized spacial score (nSPS) is 12.2. The third kappa shape index (κ3) is 2.22. The first kappa shape index (κ1) is 15.4. The van der Waals surface area contributed by atoms with Crippen LogP contribution in [0.15, 0.2) is 42.5 Å². The Morgan fingerprint density at radius 1 is 1.15 bits per heavy atom. The van der Waals surface area contributed by atoms with Gasteiger partial charge in [-0.3, -0.25) is 0 Å². The second kappa shape index (κ2) is 5.85. The number of rotatable bonds is 4. The Bertz CT molecular complexity index is 1120. The van der Waals surface area contributed by atoms with Gasteiger partial charge in [0.2, 0.25) is 4.96 Å². The van der Waals surface area contributed by atoms with Crippen LogP contribution in [0.1, 0.15) is 18.2 Å². The van der Waals surface area contributed by atoms with Gasteiger partial charge in [-0.15, -0.1) is 0 Å². The van der Waals surface area contributed by atoms with Gasteiger partial charge in [-0.25, -0.2) is 9.50 Å². The molecule has 4 aromatic rings. The molecule has 0 unspecified atom stereocenters. The van der Waals surface area contributed by atoms with Gasteiger partial charge in [0.1, 0.15) is 5.01 Å².